The lowest BCUT2D eigenvalue weighted by Gasteiger charge is -2.18. The highest BCUT2D eigenvalue weighted by molar-refractivity contribution is 6.11. The predicted molar refractivity (Wildman–Crippen MR) is 189 cm³/mol. The van der Waals surface area contributed by atoms with Gasteiger partial charge in [-0.05, 0) is 112 Å². The molecule has 0 spiro atoms. The zero-order chi connectivity index (χ0) is 31.7. The second-order valence-electron chi connectivity index (χ2n) is 12.4. The van der Waals surface area contributed by atoms with Crippen LogP contribution in [0.5, 0.6) is 0 Å². The van der Waals surface area contributed by atoms with Gasteiger partial charge in [0.1, 0.15) is 11.6 Å². The Morgan fingerprint density at radius 2 is 0.848 bits per heavy atom. The maximum Gasteiger partial charge on any atom is 0.104 e. The molecule has 46 heavy (non-hydrogen) atoms. The molecule has 0 saturated heterocycles. The summed E-state index contributed by atoms with van der Waals surface area (Å²) in [5, 5.41) is 25.5. The standard InChI is InChI=1S/C42H30N4/c1-25-8-12-37-32(16-25)33-17-26(2)9-13-38(33)45(37)41-21-31(30-7-5-6-29(20-30)23-43)22-42(36(41)24-44)46-39-14-10-27(3)18-34(39)35-19-28(4)11-15-40(35)46/h5-22H,1-4H3. The first-order valence-corrected chi connectivity index (χ1v) is 15.5. The monoisotopic (exact) mass is 590 g/mol. The Labute approximate surface area is 267 Å². The van der Waals surface area contributed by atoms with E-state index < -0.39 is 0 Å². The molecule has 0 unspecified atom stereocenters. The second-order valence-corrected chi connectivity index (χ2v) is 12.4. The minimum absolute atomic E-state index is 0.583. The third kappa shape index (κ3) is 4.12. The maximum atomic E-state index is 11.1. The van der Waals surface area contributed by atoms with E-state index in [4.69, 9.17) is 0 Å². The van der Waals surface area contributed by atoms with E-state index in [2.05, 4.69) is 134 Å². The summed E-state index contributed by atoms with van der Waals surface area (Å²) in [4.78, 5) is 0. The maximum absolute atomic E-state index is 11.1. The number of aryl methyl sites for hydroxylation is 4. The van der Waals surface area contributed by atoms with Gasteiger partial charge in [-0.1, -0.05) is 58.7 Å². The molecule has 8 rings (SSSR count). The Balaban J connectivity index is 1.57. The van der Waals surface area contributed by atoms with E-state index in [-0.39, 0.29) is 0 Å². The van der Waals surface area contributed by atoms with E-state index in [0.717, 1.165) is 66.1 Å². The molecule has 0 fully saturated rings. The van der Waals surface area contributed by atoms with E-state index in [1.165, 1.54) is 22.3 Å². The van der Waals surface area contributed by atoms with Crippen LogP contribution < -0.4 is 0 Å². The Morgan fingerprint density at radius 1 is 0.435 bits per heavy atom. The first kappa shape index (κ1) is 27.4. The molecule has 2 aromatic heterocycles. The van der Waals surface area contributed by atoms with Crippen LogP contribution in [0.3, 0.4) is 0 Å². The zero-order valence-electron chi connectivity index (χ0n) is 26.2. The molecular formula is C42H30N4. The number of hydrogen-bond acceptors (Lipinski definition) is 2. The minimum Gasteiger partial charge on any atom is -0.308 e. The molecule has 2 heterocycles. The van der Waals surface area contributed by atoms with E-state index in [1.807, 2.05) is 24.3 Å². The van der Waals surface area contributed by atoms with Crippen LogP contribution >= 0.6 is 0 Å². The Hall–Kier alpha value is -6.10. The third-order valence-electron chi connectivity index (χ3n) is 9.17. The van der Waals surface area contributed by atoms with Gasteiger partial charge in [0.15, 0.2) is 0 Å². The summed E-state index contributed by atoms with van der Waals surface area (Å²) in [5.41, 5.74) is 13.6. The van der Waals surface area contributed by atoms with Crippen molar-refractivity contribution < 1.29 is 0 Å². The Morgan fingerprint density at radius 3 is 1.22 bits per heavy atom. The molecule has 0 atom stereocenters. The first-order chi connectivity index (χ1) is 22.3. The summed E-state index contributed by atoms with van der Waals surface area (Å²) in [6, 6.07) is 43.0. The first-order valence-electron chi connectivity index (χ1n) is 15.5. The van der Waals surface area contributed by atoms with Crippen LogP contribution in [0.25, 0.3) is 66.1 Å². The number of nitriles is 2. The molecule has 0 N–H and O–H groups in total. The molecule has 6 aromatic carbocycles. The molecule has 8 aromatic rings. The van der Waals surface area contributed by atoms with Crippen molar-refractivity contribution in [3.8, 4) is 34.6 Å². The second kappa shape index (κ2) is 10.2. The van der Waals surface area contributed by atoms with Crippen molar-refractivity contribution >= 4 is 43.6 Å². The molecule has 0 amide bonds. The highest BCUT2D eigenvalue weighted by Gasteiger charge is 2.23. The van der Waals surface area contributed by atoms with Crippen molar-refractivity contribution in [2.45, 2.75) is 27.7 Å². The van der Waals surface area contributed by atoms with Gasteiger partial charge < -0.3 is 9.13 Å². The van der Waals surface area contributed by atoms with Crippen LogP contribution in [-0.2, 0) is 0 Å². The molecule has 0 saturated carbocycles. The lowest BCUT2D eigenvalue weighted by atomic mass is 9.98. The molecule has 4 nitrogen and oxygen atoms in total. The molecule has 0 aliphatic carbocycles. The third-order valence-corrected chi connectivity index (χ3v) is 9.17. The zero-order valence-corrected chi connectivity index (χ0v) is 26.2. The molecule has 218 valence electrons. The number of hydrogen-bond donors (Lipinski definition) is 0. The van der Waals surface area contributed by atoms with Crippen molar-refractivity contribution in [1.82, 2.24) is 9.13 Å². The topological polar surface area (TPSA) is 57.4 Å². The van der Waals surface area contributed by atoms with E-state index >= 15 is 0 Å². The fraction of sp³-hybridized carbons (Fsp3) is 0.0952. The van der Waals surface area contributed by atoms with Gasteiger partial charge in [0.25, 0.3) is 0 Å². The molecule has 4 heteroatoms. The highest BCUT2D eigenvalue weighted by atomic mass is 15.0. The fourth-order valence-electron chi connectivity index (χ4n) is 7.04. The summed E-state index contributed by atoms with van der Waals surface area (Å²) < 4.78 is 4.48. The largest absolute Gasteiger partial charge is 0.308 e. The average molecular weight is 591 g/mol. The van der Waals surface area contributed by atoms with Crippen molar-refractivity contribution in [1.29, 1.82) is 10.5 Å². The van der Waals surface area contributed by atoms with Gasteiger partial charge in [-0.3, -0.25) is 0 Å². The van der Waals surface area contributed by atoms with Gasteiger partial charge in [-0.25, -0.2) is 0 Å². The summed E-state index contributed by atoms with van der Waals surface area (Å²) >= 11 is 0. The fourth-order valence-corrected chi connectivity index (χ4v) is 7.04. The summed E-state index contributed by atoms with van der Waals surface area (Å²) in [5.74, 6) is 0. The van der Waals surface area contributed by atoms with E-state index in [9.17, 15) is 10.5 Å². The average Bonchev–Trinajstić information content (AvgIpc) is 3.55. The Bertz CT molecular complexity index is 2390. The number of nitrogens with zero attached hydrogens (tertiary/aromatic N) is 4. The number of fused-ring (bicyclic) bond motifs is 6. The van der Waals surface area contributed by atoms with Gasteiger partial charge in [0, 0.05) is 21.5 Å². The van der Waals surface area contributed by atoms with Gasteiger partial charge in [0.2, 0.25) is 0 Å². The normalized spacial score (nSPS) is 11.4. The van der Waals surface area contributed by atoms with Crippen molar-refractivity contribution in [2.75, 3.05) is 0 Å². The summed E-state index contributed by atoms with van der Waals surface area (Å²) in [7, 11) is 0. The van der Waals surface area contributed by atoms with Crippen LogP contribution in [0.15, 0.2) is 109 Å². The lowest BCUT2D eigenvalue weighted by molar-refractivity contribution is 1.12. The van der Waals surface area contributed by atoms with Crippen molar-refractivity contribution in [3.63, 3.8) is 0 Å². The van der Waals surface area contributed by atoms with Crippen molar-refractivity contribution in [2.24, 2.45) is 0 Å². The summed E-state index contributed by atoms with van der Waals surface area (Å²) in [6.45, 7) is 8.47. The molecule has 0 radical (unpaired) electrons. The van der Waals surface area contributed by atoms with Gasteiger partial charge >= 0.3 is 0 Å². The molecule has 0 aliphatic heterocycles. The SMILES string of the molecule is Cc1ccc2c(c1)c1cc(C)ccc1n2-c1cc(-c2cccc(C#N)c2)cc(-n2c3ccc(C)cc3c3cc(C)ccc32)c1C#N. The Kier molecular flexibility index (Phi) is 6.11. The quantitative estimate of drug-likeness (QED) is 0.206. The van der Waals surface area contributed by atoms with Crippen LogP contribution in [0.1, 0.15) is 33.4 Å². The minimum atomic E-state index is 0.583. The number of benzene rings is 6. The van der Waals surface area contributed by atoms with Crippen LogP contribution in [0.4, 0.5) is 0 Å². The smallest absolute Gasteiger partial charge is 0.104 e. The molecular weight excluding hydrogens is 560 g/mol. The van der Waals surface area contributed by atoms with E-state index in [0.29, 0.717) is 11.1 Å². The summed E-state index contributed by atoms with van der Waals surface area (Å²) in [6.07, 6.45) is 0. The highest BCUT2D eigenvalue weighted by Crippen LogP contribution is 2.41. The predicted octanol–water partition coefficient (Wildman–Crippen LogP) is 10.5. The lowest BCUT2D eigenvalue weighted by Crippen LogP contribution is -2.05. The number of rotatable bonds is 3. The van der Waals surface area contributed by atoms with E-state index in [1.54, 1.807) is 0 Å². The number of aromatic nitrogens is 2. The van der Waals surface area contributed by atoms with Gasteiger partial charge in [-0.2, -0.15) is 10.5 Å². The van der Waals surface area contributed by atoms with Crippen LogP contribution in [0, 0.1) is 50.4 Å². The van der Waals surface area contributed by atoms with Crippen molar-refractivity contribution in [3.05, 3.63) is 143 Å². The van der Waals surface area contributed by atoms with Gasteiger partial charge in [-0.15, -0.1) is 0 Å². The van der Waals surface area contributed by atoms with Gasteiger partial charge in [0.05, 0.1) is 45.1 Å². The van der Waals surface area contributed by atoms with Crippen LogP contribution in [0.2, 0.25) is 0 Å². The molecule has 0 aliphatic rings. The van der Waals surface area contributed by atoms with Crippen LogP contribution in [-0.4, -0.2) is 9.13 Å². The molecule has 0 bridgehead atoms.